The molecule has 0 unspecified atom stereocenters. The molecular formula is C27H29Cl2FN6O2. The van der Waals surface area contributed by atoms with Gasteiger partial charge in [-0.15, -0.1) is 0 Å². The monoisotopic (exact) mass is 558 g/mol. The van der Waals surface area contributed by atoms with Gasteiger partial charge in [0.25, 0.3) is 0 Å². The van der Waals surface area contributed by atoms with Crippen LogP contribution in [0.1, 0.15) is 37.6 Å². The number of hydrogen-bond acceptors (Lipinski definition) is 5. The summed E-state index contributed by atoms with van der Waals surface area (Å²) in [5.41, 5.74) is 8.12. The Balaban J connectivity index is 1.85. The number of urea groups is 1. The number of aliphatic imine (C=N–C) groups is 1. The summed E-state index contributed by atoms with van der Waals surface area (Å²) in [4.78, 5) is 16.8. The molecule has 3 rings (SSSR count). The summed E-state index contributed by atoms with van der Waals surface area (Å²) in [5, 5.41) is 10.1. The van der Waals surface area contributed by atoms with Crippen molar-refractivity contribution < 1.29 is 13.9 Å². The summed E-state index contributed by atoms with van der Waals surface area (Å²) >= 11 is 12.0. The van der Waals surface area contributed by atoms with Gasteiger partial charge in [-0.2, -0.15) is 5.10 Å². The normalized spacial score (nSPS) is 12.0. The Kier molecular flexibility index (Phi) is 9.19. The Morgan fingerprint density at radius 2 is 1.95 bits per heavy atom. The Bertz CT molecular complexity index is 1390. The van der Waals surface area contributed by atoms with Gasteiger partial charge >= 0.3 is 6.03 Å². The number of carbonyl (C=O) groups is 1. The van der Waals surface area contributed by atoms with E-state index >= 15 is 0 Å². The van der Waals surface area contributed by atoms with E-state index in [4.69, 9.17) is 38.8 Å². The van der Waals surface area contributed by atoms with E-state index in [0.29, 0.717) is 5.82 Å². The first-order valence-corrected chi connectivity index (χ1v) is 12.3. The number of aromatic nitrogens is 2. The SMILES string of the molecule is C=C(Cl)N=C(/C=C\N)Oc1c(Cl)cc(F)cc1CNC(=O)Nc1cc(C(C)(C)C)nn1-c1ccc(C)cc1. The van der Waals surface area contributed by atoms with Crippen LogP contribution in [0.3, 0.4) is 0 Å². The fourth-order valence-corrected chi connectivity index (χ4v) is 3.66. The van der Waals surface area contributed by atoms with Gasteiger partial charge in [0, 0.05) is 29.7 Å². The molecule has 8 nitrogen and oxygen atoms in total. The maximum absolute atomic E-state index is 14.2. The van der Waals surface area contributed by atoms with Crippen molar-refractivity contribution in [2.75, 3.05) is 5.32 Å². The lowest BCUT2D eigenvalue weighted by atomic mass is 9.92. The number of aryl methyl sites for hydroxylation is 1. The van der Waals surface area contributed by atoms with Crippen molar-refractivity contribution in [3.05, 3.63) is 94.1 Å². The molecule has 0 aliphatic heterocycles. The number of hydrogen-bond donors (Lipinski definition) is 3. The number of nitrogens with two attached hydrogens (primary N) is 1. The smallest absolute Gasteiger partial charge is 0.320 e. The van der Waals surface area contributed by atoms with E-state index in [1.165, 1.54) is 18.3 Å². The Morgan fingerprint density at radius 3 is 2.55 bits per heavy atom. The molecule has 1 aromatic heterocycles. The quantitative estimate of drug-likeness (QED) is 0.173. The highest BCUT2D eigenvalue weighted by atomic mass is 35.5. The summed E-state index contributed by atoms with van der Waals surface area (Å²) < 4.78 is 21.6. The lowest BCUT2D eigenvalue weighted by Gasteiger charge is -2.14. The van der Waals surface area contributed by atoms with Crippen LogP contribution in [0.15, 0.2) is 71.5 Å². The third-order valence-electron chi connectivity index (χ3n) is 5.20. The number of anilines is 1. The fourth-order valence-electron chi connectivity index (χ4n) is 3.32. The molecule has 0 radical (unpaired) electrons. The van der Waals surface area contributed by atoms with Gasteiger partial charge < -0.3 is 15.8 Å². The number of nitrogens with zero attached hydrogens (tertiary/aromatic N) is 3. The molecule has 0 atom stereocenters. The van der Waals surface area contributed by atoms with E-state index in [0.717, 1.165) is 23.0 Å². The molecule has 4 N–H and O–H groups in total. The molecule has 0 aliphatic rings. The zero-order chi connectivity index (χ0) is 28.0. The third-order valence-corrected chi connectivity index (χ3v) is 5.56. The molecule has 0 aliphatic carbocycles. The molecule has 2 aromatic carbocycles. The maximum Gasteiger partial charge on any atom is 0.320 e. The van der Waals surface area contributed by atoms with Crippen molar-refractivity contribution in [3.63, 3.8) is 0 Å². The van der Waals surface area contributed by atoms with Crippen molar-refractivity contribution in [3.8, 4) is 11.4 Å². The molecule has 0 bridgehead atoms. The predicted molar refractivity (Wildman–Crippen MR) is 151 cm³/mol. The van der Waals surface area contributed by atoms with Crippen molar-refractivity contribution in [2.24, 2.45) is 10.7 Å². The molecule has 0 saturated heterocycles. The van der Waals surface area contributed by atoms with Crippen molar-refractivity contribution in [1.82, 2.24) is 15.1 Å². The first-order valence-electron chi connectivity index (χ1n) is 11.6. The van der Waals surface area contributed by atoms with Crippen LogP contribution in [0, 0.1) is 12.7 Å². The van der Waals surface area contributed by atoms with Crippen molar-refractivity contribution in [1.29, 1.82) is 0 Å². The van der Waals surface area contributed by atoms with E-state index in [1.807, 2.05) is 58.0 Å². The number of rotatable bonds is 7. The second-order valence-electron chi connectivity index (χ2n) is 9.38. The number of benzene rings is 2. The molecule has 3 aromatic rings. The van der Waals surface area contributed by atoms with Crippen molar-refractivity contribution in [2.45, 2.75) is 39.7 Å². The molecule has 38 heavy (non-hydrogen) atoms. The molecule has 2 amide bonds. The standard InChI is InChI=1S/C27H29Cl2FN6O2/c1-16-6-8-20(9-7-16)36-23(14-22(35-36)27(3,4)5)34-26(37)32-15-18-12-19(30)13-21(29)25(18)38-24(10-11-31)33-17(2)28/h6-14H,2,15,31H2,1,3-5H3,(H2,32,34,37)/b11-10-,33-24?. The molecule has 200 valence electrons. The number of halogens is 3. The van der Waals surface area contributed by atoms with E-state index < -0.39 is 11.8 Å². The Morgan fingerprint density at radius 1 is 1.26 bits per heavy atom. The van der Waals surface area contributed by atoms with Gasteiger partial charge in [0.1, 0.15) is 16.8 Å². The highest BCUT2D eigenvalue weighted by Crippen LogP contribution is 2.31. The summed E-state index contributed by atoms with van der Waals surface area (Å²) in [6.07, 6.45) is 2.51. The van der Waals surface area contributed by atoms with Gasteiger partial charge in [-0.05, 0) is 37.4 Å². The average Bonchev–Trinajstić information content (AvgIpc) is 3.24. The Labute approximate surface area is 231 Å². The van der Waals surface area contributed by atoms with Crippen LogP contribution in [0.4, 0.5) is 15.0 Å². The highest BCUT2D eigenvalue weighted by molar-refractivity contribution is 6.32. The maximum atomic E-state index is 14.2. The lowest BCUT2D eigenvalue weighted by molar-refractivity contribution is 0.251. The lowest BCUT2D eigenvalue weighted by Crippen LogP contribution is -2.29. The zero-order valence-corrected chi connectivity index (χ0v) is 23.0. The average molecular weight is 559 g/mol. The topological polar surface area (TPSA) is 107 Å². The Hall–Kier alpha value is -3.82. The minimum Gasteiger partial charge on any atom is -0.437 e. The van der Waals surface area contributed by atoms with E-state index in [9.17, 15) is 9.18 Å². The van der Waals surface area contributed by atoms with E-state index in [-0.39, 0.29) is 39.3 Å². The van der Waals surface area contributed by atoms with Gasteiger partial charge in [-0.3, -0.25) is 5.32 Å². The van der Waals surface area contributed by atoms with Crippen LogP contribution in [-0.2, 0) is 12.0 Å². The fraction of sp³-hybridized carbons (Fsp3) is 0.222. The minimum absolute atomic E-state index is 0.0246. The number of nitrogens with one attached hydrogen (secondary N) is 2. The van der Waals surface area contributed by atoms with Crippen LogP contribution < -0.4 is 21.1 Å². The highest BCUT2D eigenvalue weighted by Gasteiger charge is 2.22. The van der Waals surface area contributed by atoms with Gasteiger partial charge in [0.05, 0.1) is 16.4 Å². The number of carbonyl (C=O) groups excluding carboxylic acids is 1. The minimum atomic E-state index is -0.610. The summed E-state index contributed by atoms with van der Waals surface area (Å²) in [6.45, 7) is 11.5. The molecule has 0 fully saturated rings. The molecule has 1 heterocycles. The summed E-state index contributed by atoms with van der Waals surface area (Å²) in [7, 11) is 0. The summed E-state index contributed by atoms with van der Waals surface area (Å²) in [5.74, 6) is -0.0964. The zero-order valence-electron chi connectivity index (χ0n) is 21.5. The van der Waals surface area contributed by atoms with Gasteiger partial charge in [0.2, 0.25) is 5.90 Å². The predicted octanol–water partition coefficient (Wildman–Crippen LogP) is 6.55. The van der Waals surface area contributed by atoms with Crippen molar-refractivity contribution >= 4 is 40.9 Å². The van der Waals surface area contributed by atoms with E-state index in [2.05, 4.69) is 22.2 Å². The second-order valence-corrected chi connectivity index (χ2v) is 10.2. The van der Waals surface area contributed by atoms with Crippen LogP contribution in [0.25, 0.3) is 5.69 Å². The first-order chi connectivity index (χ1) is 17.9. The molecular weight excluding hydrogens is 530 g/mol. The van der Waals surface area contributed by atoms with Crippen LogP contribution in [0.5, 0.6) is 5.75 Å². The van der Waals surface area contributed by atoms with Crippen LogP contribution in [0.2, 0.25) is 5.02 Å². The molecule has 11 heteroatoms. The summed E-state index contributed by atoms with van der Waals surface area (Å²) in [6, 6.07) is 11.3. The van der Waals surface area contributed by atoms with Crippen LogP contribution in [-0.4, -0.2) is 21.7 Å². The number of ether oxygens (including phenoxy) is 1. The first kappa shape index (κ1) is 28.7. The number of amides is 2. The van der Waals surface area contributed by atoms with Gasteiger partial charge in [-0.1, -0.05) is 68.2 Å². The van der Waals surface area contributed by atoms with Crippen LogP contribution >= 0.6 is 23.2 Å². The molecule has 0 saturated carbocycles. The van der Waals surface area contributed by atoms with E-state index in [1.54, 1.807) is 4.68 Å². The molecule has 0 spiro atoms. The van der Waals surface area contributed by atoms with Gasteiger partial charge in [-0.25, -0.2) is 18.9 Å². The largest absolute Gasteiger partial charge is 0.437 e. The van der Waals surface area contributed by atoms with Gasteiger partial charge in [0.15, 0.2) is 5.75 Å². The third kappa shape index (κ3) is 7.60. The second kappa shape index (κ2) is 12.1.